The maximum Gasteiger partial charge on any atom is 0.131 e. The highest BCUT2D eigenvalue weighted by Gasteiger charge is 2.16. The zero-order chi connectivity index (χ0) is 14.8. The third-order valence-electron chi connectivity index (χ3n) is 3.52. The van der Waals surface area contributed by atoms with Crippen LogP contribution in [0, 0.1) is 5.82 Å². The summed E-state index contributed by atoms with van der Waals surface area (Å²) in [5.41, 5.74) is 3.81. The minimum absolute atomic E-state index is 0.0924. The number of benzene rings is 2. The van der Waals surface area contributed by atoms with E-state index in [2.05, 4.69) is 5.43 Å². The van der Waals surface area contributed by atoms with Gasteiger partial charge in [-0.3, -0.25) is 11.3 Å². The first-order valence-electron chi connectivity index (χ1n) is 6.56. The molecule has 0 amide bonds. The number of halogens is 2. The molecule has 3 N–H and O–H groups in total. The third-order valence-corrected chi connectivity index (χ3v) is 4.77. The molecule has 3 rings (SSSR count). The predicted octanol–water partition coefficient (Wildman–Crippen LogP) is 4.44. The van der Waals surface area contributed by atoms with Gasteiger partial charge in [0.25, 0.3) is 0 Å². The molecule has 2 aromatic carbocycles. The molecule has 2 nitrogen and oxygen atoms in total. The molecule has 5 heteroatoms. The van der Waals surface area contributed by atoms with Crippen LogP contribution in [0.2, 0.25) is 4.34 Å². The highest BCUT2D eigenvalue weighted by atomic mass is 35.5. The van der Waals surface area contributed by atoms with Crippen LogP contribution in [0.15, 0.2) is 48.5 Å². The van der Waals surface area contributed by atoms with E-state index in [1.54, 1.807) is 12.1 Å². The van der Waals surface area contributed by atoms with Gasteiger partial charge in [-0.1, -0.05) is 41.9 Å². The molecule has 0 spiro atoms. The largest absolute Gasteiger partial charge is 0.271 e. The molecule has 0 saturated heterocycles. The van der Waals surface area contributed by atoms with Crippen LogP contribution in [0.25, 0.3) is 10.8 Å². The van der Waals surface area contributed by atoms with Crippen LogP contribution in [0.5, 0.6) is 0 Å². The van der Waals surface area contributed by atoms with Crippen molar-refractivity contribution in [2.24, 2.45) is 5.84 Å². The fourth-order valence-corrected chi connectivity index (χ4v) is 3.64. The highest BCUT2D eigenvalue weighted by molar-refractivity contribution is 7.16. The van der Waals surface area contributed by atoms with Crippen LogP contribution in [0.3, 0.4) is 0 Å². The minimum Gasteiger partial charge on any atom is -0.271 e. The molecule has 0 aliphatic carbocycles. The van der Waals surface area contributed by atoms with Gasteiger partial charge in [0.2, 0.25) is 0 Å². The lowest BCUT2D eigenvalue weighted by atomic mass is 9.96. The Hall–Kier alpha value is -1.46. The Balaban J connectivity index is 2.03. The zero-order valence-corrected chi connectivity index (χ0v) is 12.7. The molecule has 0 aliphatic rings. The van der Waals surface area contributed by atoms with E-state index in [4.69, 9.17) is 17.4 Å². The van der Waals surface area contributed by atoms with E-state index in [1.165, 1.54) is 17.4 Å². The molecule has 0 bridgehead atoms. The molecule has 1 atom stereocenters. The quantitative estimate of drug-likeness (QED) is 0.551. The van der Waals surface area contributed by atoms with Gasteiger partial charge in [0.15, 0.2) is 0 Å². The SMILES string of the molecule is NNC(Cc1ccc(Cl)s1)c1ccc(F)c2ccccc12. The summed E-state index contributed by atoms with van der Waals surface area (Å²) in [6.07, 6.45) is 0.712. The first-order valence-corrected chi connectivity index (χ1v) is 7.76. The van der Waals surface area contributed by atoms with E-state index in [0.717, 1.165) is 20.2 Å². The van der Waals surface area contributed by atoms with Gasteiger partial charge in [-0.05, 0) is 29.1 Å². The molecular formula is C16H14ClFN2S. The van der Waals surface area contributed by atoms with E-state index >= 15 is 0 Å². The molecule has 0 radical (unpaired) electrons. The molecule has 0 aliphatic heterocycles. The maximum atomic E-state index is 13.9. The van der Waals surface area contributed by atoms with Crippen LogP contribution in [-0.4, -0.2) is 0 Å². The number of nitrogens with two attached hydrogens (primary N) is 1. The summed E-state index contributed by atoms with van der Waals surface area (Å²) < 4.78 is 14.7. The summed E-state index contributed by atoms with van der Waals surface area (Å²) in [7, 11) is 0. The van der Waals surface area contributed by atoms with Gasteiger partial charge in [-0.2, -0.15) is 0 Å². The Labute approximate surface area is 131 Å². The fraction of sp³-hybridized carbons (Fsp3) is 0.125. The molecule has 108 valence electrons. The first-order chi connectivity index (χ1) is 10.2. The predicted molar refractivity (Wildman–Crippen MR) is 87.0 cm³/mol. The van der Waals surface area contributed by atoms with Gasteiger partial charge >= 0.3 is 0 Å². The number of rotatable bonds is 4. The van der Waals surface area contributed by atoms with E-state index in [9.17, 15) is 4.39 Å². The smallest absolute Gasteiger partial charge is 0.131 e. The molecular weight excluding hydrogens is 307 g/mol. The van der Waals surface area contributed by atoms with Crippen LogP contribution in [0.1, 0.15) is 16.5 Å². The van der Waals surface area contributed by atoms with Crippen molar-refractivity contribution in [3.05, 3.63) is 69.1 Å². The second-order valence-corrected chi connectivity index (χ2v) is 6.61. The first kappa shape index (κ1) is 14.5. The van der Waals surface area contributed by atoms with Crippen molar-refractivity contribution in [2.45, 2.75) is 12.5 Å². The molecule has 1 heterocycles. The third kappa shape index (κ3) is 2.94. The molecule has 0 saturated carbocycles. The van der Waals surface area contributed by atoms with Crippen LogP contribution >= 0.6 is 22.9 Å². The average molecular weight is 321 g/mol. The summed E-state index contributed by atoms with van der Waals surface area (Å²) >= 11 is 7.50. The van der Waals surface area contributed by atoms with Gasteiger partial charge in [0.05, 0.1) is 10.4 Å². The summed E-state index contributed by atoms with van der Waals surface area (Å²) in [6.45, 7) is 0. The van der Waals surface area contributed by atoms with Gasteiger partial charge in [0, 0.05) is 16.7 Å². The lowest BCUT2D eigenvalue weighted by Crippen LogP contribution is -2.29. The molecule has 21 heavy (non-hydrogen) atoms. The Kier molecular flexibility index (Phi) is 4.22. The van der Waals surface area contributed by atoms with Crippen molar-refractivity contribution in [1.82, 2.24) is 5.43 Å². The maximum absolute atomic E-state index is 13.9. The second kappa shape index (κ2) is 6.12. The number of thiophene rings is 1. The number of hydrogen-bond acceptors (Lipinski definition) is 3. The van der Waals surface area contributed by atoms with Crippen LogP contribution < -0.4 is 11.3 Å². The van der Waals surface area contributed by atoms with Crippen molar-refractivity contribution in [3.8, 4) is 0 Å². The Morgan fingerprint density at radius 3 is 2.52 bits per heavy atom. The zero-order valence-electron chi connectivity index (χ0n) is 11.1. The van der Waals surface area contributed by atoms with Crippen LogP contribution in [-0.2, 0) is 6.42 Å². The normalized spacial score (nSPS) is 12.7. The van der Waals surface area contributed by atoms with Gasteiger partial charge < -0.3 is 0 Å². The van der Waals surface area contributed by atoms with Gasteiger partial charge in [-0.25, -0.2) is 4.39 Å². The lowest BCUT2D eigenvalue weighted by molar-refractivity contribution is 0.557. The fourth-order valence-electron chi connectivity index (χ4n) is 2.51. The van der Waals surface area contributed by atoms with E-state index in [-0.39, 0.29) is 11.9 Å². The lowest BCUT2D eigenvalue weighted by Gasteiger charge is -2.18. The Bertz CT molecular complexity index is 772. The number of fused-ring (bicyclic) bond motifs is 1. The monoisotopic (exact) mass is 320 g/mol. The van der Waals surface area contributed by atoms with Crippen molar-refractivity contribution in [3.63, 3.8) is 0 Å². The summed E-state index contributed by atoms with van der Waals surface area (Å²) in [6, 6.07) is 14.5. The number of nitrogens with one attached hydrogen (secondary N) is 1. The minimum atomic E-state index is -0.218. The summed E-state index contributed by atoms with van der Waals surface area (Å²) in [4.78, 5) is 1.14. The molecule has 0 fully saturated rings. The van der Waals surface area contributed by atoms with Gasteiger partial charge in [0.1, 0.15) is 5.82 Å². The molecule has 3 aromatic rings. The molecule has 1 aromatic heterocycles. The van der Waals surface area contributed by atoms with Crippen molar-refractivity contribution >= 4 is 33.7 Å². The standard InChI is InChI=1S/C16H14ClFN2S/c17-16-8-5-10(21-16)9-15(20-19)13-6-7-14(18)12-4-2-1-3-11(12)13/h1-8,15,20H,9,19H2. The number of hydrazine groups is 1. The van der Waals surface area contributed by atoms with Crippen molar-refractivity contribution in [2.75, 3.05) is 0 Å². The van der Waals surface area contributed by atoms with E-state index in [1.807, 2.05) is 30.3 Å². The van der Waals surface area contributed by atoms with Crippen LogP contribution in [0.4, 0.5) is 4.39 Å². The Morgan fingerprint density at radius 2 is 1.86 bits per heavy atom. The van der Waals surface area contributed by atoms with E-state index in [0.29, 0.717) is 11.8 Å². The Morgan fingerprint density at radius 1 is 1.10 bits per heavy atom. The summed E-state index contributed by atoms with van der Waals surface area (Å²) in [5, 5.41) is 1.49. The summed E-state index contributed by atoms with van der Waals surface area (Å²) in [5.74, 6) is 5.50. The van der Waals surface area contributed by atoms with Gasteiger partial charge in [-0.15, -0.1) is 11.3 Å². The average Bonchev–Trinajstić information content (AvgIpc) is 2.91. The molecule has 1 unspecified atom stereocenters. The van der Waals surface area contributed by atoms with Crippen molar-refractivity contribution in [1.29, 1.82) is 0 Å². The second-order valence-electron chi connectivity index (χ2n) is 4.81. The highest BCUT2D eigenvalue weighted by Crippen LogP contribution is 2.30. The number of hydrogen-bond donors (Lipinski definition) is 2. The topological polar surface area (TPSA) is 38.0 Å². The van der Waals surface area contributed by atoms with E-state index < -0.39 is 0 Å². The van der Waals surface area contributed by atoms with Crippen molar-refractivity contribution < 1.29 is 4.39 Å².